The third-order valence-electron chi connectivity index (χ3n) is 2.07. The van der Waals surface area contributed by atoms with Crippen LogP contribution in [0.15, 0.2) is 39.0 Å². The third kappa shape index (κ3) is 3.66. The standard InChI is InChI=1S/C12H10BrNOS2/c1-8(15)11-6-17-12(14-11)7-16-10-4-2-3-9(13)5-10/h2-6H,7H2,1H3. The fraction of sp³-hybridized carbons (Fsp3) is 0.167. The highest BCUT2D eigenvalue weighted by molar-refractivity contribution is 9.10. The second kappa shape index (κ2) is 5.80. The van der Waals surface area contributed by atoms with Gasteiger partial charge in [0.1, 0.15) is 10.7 Å². The first-order valence-electron chi connectivity index (χ1n) is 4.99. The van der Waals surface area contributed by atoms with Crippen molar-refractivity contribution in [2.45, 2.75) is 17.6 Å². The molecule has 0 spiro atoms. The van der Waals surface area contributed by atoms with Crippen molar-refractivity contribution < 1.29 is 4.79 Å². The number of hydrogen-bond acceptors (Lipinski definition) is 4. The van der Waals surface area contributed by atoms with E-state index in [9.17, 15) is 4.79 Å². The fourth-order valence-corrected chi connectivity index (χ4v) is 3.60. The van der Waals surface area contributed by atoms with Gasteiger partial charge in [-0.25, -0.2) is 4.98 Å². The SMILES string of the molecule is CC(=O)c1csc(CSc2cccc(Br)c2)n1. The first kappa shape index (κ1) is 12.8. The lowest BCUT2D eigenvalue weighted by molar-refractivity contribution is 0.101. The summed E-state index contributed by atoms with van der Waals surface area (Å²) in [6.45, 7) is 1.54. The van der Waals surface area contributed by atoms with Crippen LogP contribution >= 0.6 is 39.0 Å². The highest BCUT2D eigenvalue weighted by Gasteiger charge is 2.06. The molecule has 1 aromatic carbocycles. The summed E-state index contributed by atoms with van der Waals surface area (Å²) >= 11 is 6.70. The Hall–Kier alpha value is -0.650. The van der Waals surface area contributed by atoms with E-state index in [0.29, 0.717) is 5.69 Å². The second-order valence-corrected chi connectivity index (χ2v) is 6.34. The van der Waals surface area contributed by atoms with Crippen LogP contribution in [0.3, 0.4) is 0 Å². The Morgan fingerprint density at radius 1 is 1.53 bits per heavy atom. The second-order valence-electron chi connectivity index (χ2n) is 3.43. The lowest BCUT2D eigenvalue weighted by Crippen LogP contribution is -1.91. The minimum Gasteiger partial charge on any atom is -0.293 e. The Morgan fingerprint density at radius 3 is 3.00 bits per heavy atom. The van der Waals surface area contributed by atoms with E-state index in [-0.39, 0.29) is 5.78 Å². The molecule has 2 rings (SSSR count). The smallest absolute Gasteiger partial charge is 0.178 e. The molecule has 0 aliphatic rings. The number of carbonyl (C=O) groups excluding carboxylic acids is 1. The first-order chi connectivity index (χ1) is 8.15. The molecule has 2 aromatic rings. The largest absolute Gasteiger partial charge is 0.293 e. The molecule has 0 saturated heterocycles. The molecule has 0 aliphatic carbocycles. The molecule has 5 heteroatoms. The topological polar surface area (TPSA) is 30.0 Å². The van der Waals surface area contributed by atoms with Gasteiger partial charge in [0.05, 0.1) is 5.75 Å². The van der Waals surface area contributed by atoms with Crippen LogP contribution in [-0.2, 0) is 5.75 Å². The Morgan fingerprint density at radius 2 is 2.35 bits per heavy atom. The molecule has 0 N–H and O–H groups in total. The lowest BCUT2D eigenvalue weighted by Gasteiger charge is -1.99. The third-order valence-corrected chi connectivity index (χ3v) is 4.60. The van der Waals surface area contributed by atoms with Crippen molar-refractivity contribution in [2.24, 2.45) is 0 Å². The van der Waals surface area contributed by atoms with Crippen LogP contribution in [0.4, 0.5) is 0 Å². The van der Waals surface area contributed by atoms with Crippen molar-refractivity contribution >= 4 is 44.8 Å². The zero-order valence-corrected chi connectivity index (χ0v) is 12.4. The van der Waals surface area contributed by atoms with Crippen molar-refractivity contribution in [3.8, 4) is 0 Å². The number of hydrogen-bond donors (Lipinski definition) is 0. The van der Waals surface area contributed by atoms with Crippen LogP contribution in [0.25, 0.3) is 0 Å². The van der Waals surface area contributed by atoms with Crippen LogP contribution < -0.4 is 0 Å². The molecule has 0 saturated carbocycles. The number of carbonyl (C=O) groups is 1. The monoisotopic (exact) mass is 327 g/mol. The summed E-state index contributed by atoms with van der Waals surface area (Å²) in [4.78, 5) is 16.6. The molecule has 0 bridgehead atoms. The van der Waals surface area contributed by atoms with Gasteiger partial charge in [0, 0.05) is 21.7 Å². The van der Waals surface area contributed by atoms with Gasteiger partial charge in [0.2, 0.25) is 0 Å². The molecule has 1 heterocycles. The van der Waals surface area contributed by atoms with E-state index >= 15 is 0 Å². The number of halogens is 1. The maximum absolute atomic E-state index is 11.1. The minimum absolute atomic E-state index is 0.0277. The van der Waals surface area contributed by atoms with Gasteiger partial charge in [-0.1, -0.05) is 22.0 Å². The lowest BCUT2D eigenvalue weighted by atomic mass is 10.4. The van der Waals surface area contributed by atoms with Crippen molar-refractivity contribution in [1.82, 2.24) is 4.98 Å². The number of thioether (sulfide) groups is 1. The normalized spacial score (nSPS) is 10.5. The molecular formula is C12H10BrNOS2. The van der Waals surface area contributed by atoms with Gasteiger partial charge < -0.3 is 0 Å². The van der Waals surface area contributed by atoms with Gasteiger partial charge in [0.15, 0.2) is 5.78 Å². The van der Waals surface area contributed by atoms with Crippen molar-refractivity contribution in [1.29, 1.82) is 0 Å². The summed E-state index contributed by atoms with van der Waals surface area (Å²) in [6, 6.07) is 8.15. The van der Waals surface area contributed by atoms with E-state index in [4.69, 9.17) is 0 Å². The average molecular weight is 328 g/mol. The highest BCUT2D eigenvalue weighted by atomic mass is 79.9. The van der Waals surface area contributed by atoms with Crippen LogP contribution in [0.5, 0.6) is 0 Å². The van der Waals surface area contributed by atoms with Crippen molar-refractivity contribution in [3.63, 3.8) is 0 Å². The number of Topliss-reactive ketones (excluding diaryl/α,β-unsaturated/α-hetero) is 1. The molecule has 0 atom stereocenters. The molecule has 0 radical (unpaired) electrons. The molecular weight excluding hydrogens is 318 g/mol. The van der Waals surface area contributed by atoms with E-state index < -0.39 is 0 Å². The Balaban J connectivity index is 2.00. The summed E-state index contributed by atoms with van der Waals surface area (Å²) in [6.07, 6.45) is 0. The highest BCUT2D eigenvalue weighted by Crippen LogP contribution is 2.26. The average Bonchev–Trinajstić information content (AvgIpc) is 2.75. The van der Waals surface area contributed by atoms with Gasteiger partial charge in [-0.05, 0) is 18.2 Å². The van der Waals surface area contributed by atoms with Crippen LogP contribution in [0, 0.1) is 0 Å². The molecule has 0 unspecified atom stereocenters. The van der Waals surface area contributed by atoms with Gasteiger partial charge in [-0.15, -0.1) is 23.1 Å². The van der Waals surface area contributed by atoms with Crippen molar-refractivity contribution in [2.75, 3.05) is 0 Å². The molecule has 0 aliphatic heterocycles. The number of aromatic nitrogens is 1. The summed E-state index contributed by atoms with van der Waals surface area (Å²) in [5.41, 5.74) is 0.569. The van der Waals surface area contributed by atoms with E-state index in [1.54, 1.807) is 18.7 Å². The summed E-state index contributed by atoms with van der Waals surface area (Å²) in [7, 11) is 0. The number of benzene rings is 1. The molecule has 88 valence electrons. The zero-order chi connectivity index (χ0) is 12.3. The molecule has 0 amide bonds. The minimum atomic E-state index is 0.0277. The number of ketones is 1. The summed E-state index contributed by atoms with van der Waals surface area (Å²) in [5.74, 6) is 0.828. The van der Waals surface area contributed by atoms with E-state index in [0.717, 1.165) is 15.2 Å². The Bertz CT molecular complexity index is 539. The maximum atomic E-state index is 11.1. The number of thiazole rings is 1. The predicted octanol–water partition coefficient (Wildman–Crippen LogP) is 4.40. The number of rotatable bonds is 4. The van der Waals surface area contributed by atoms with Gasteiger partial charge >= 0.3 is 0 Å². The predicted molar refractivity (Wildman–Crippen MR) is 75.8 cm³/mol. The molecule has 1 aromatic heterocycles. The number of nitrogens with zero attached hydrogens (tertiary/aromatic N) is 1. The quantitative estimate of drug-likeness (QED) is 0.615. The summed E-state index contributed by atoms with van der Waals surface area (Å²) in [5, 5.41) is 2.80. The van der Waals surface area contributed by atoms with Crippen LogP contribution in [0.2, 0.25) is 0 Å². The Kier molecular flexibility index (Phi) is 4.36. The van der Waals surface area contributed by atoms with Crippen molar-refractivity contribution in [3.05, 3.63) is 44.8 Å². The van der Waals surface area contributed by atoms with Gasteiger partial charge in [-0.2, -0.15) is 0 Å². The molecule has 0 fully saturated rings. The van der Waals surface area contributed by atoms with Crippen LogP contribution in [-0.4, -0.2) is 10.8 Å². The molecule has 17 heavy (non-hydrogen) atoms. The van der Waals surface area contributed by atoms with E-state index in [1.165, 1.54) is 16.2 Å². The summed E-state index contributed by atoms with van der Waals surface area (Å²) < 4.78 is 1.08. The van der Waals surface area contributed by atoms with E-state index in [1.807, 2.05) is 17.5 Å². The van der Waals surface area contributed by atoms with E-state index in [2.05, 4.69) is 33.0 Å². The van der Waals surface area contributed by atoms with Crippen LogP contribution in [0.1, 0.15) is 22.4 Å². The van der Waals surface area contributed by atoms with Gasteiger partial charge in [0.25, 0.3) is 0 Å². The molecule has 2 nitrogen and oxygen atoms in total. The first-order valence-corrected chi connectivity index (χ1v) is 7.64. The Labute approximate surface area is 117 Å². The fourth-order valence-electron chi connectivity index (χ4n) is 1.24. The maximum Gasteiger partial charge on any atom is 0.178 e. The zero-order valence-electron chi connectivity index (χ0n) is 9.14. The van der Waals surface area contributed by atoms with Gasteiger partial charge in [-0.3, -0.25) is 4.79 Å².